The molecule has 1 aliphatic heterocycles. The molecule has 0 aromatic heterocycles. The molecule has 25 heavy (non-hydrogen) atoms. The summed E-state index contributed by atoms with van der Waals surface area (Å²) in [5.74, 6) is -0.470. The van der Waals surface area contributed by atoms with Crippen LogP contribution in [0.25, 0.3) is 0 Å². The molecule has 2 amide bonds. The Balaban J connectivity index is 1.49. The van der Waals surface area contributed by atoms with E-state index in [1.807, 2.05) is 0 Å². The number of hydrogen-bond donors (Lipinski definition) is 3. The molecule has 0 atom stereocenters. The molecule has 0 unspecified atom stereocenters. The summed E-state index contributed by atoms with van der Waals surface area (Å²) in [5, 5.41) is 15.7. The van der Waals surface area contributed by atoms with Crippen LogP contribution in [0.2, 0.25) is 0 Å². The third-order valence-corrected chi connectivity index (χ3v) is 3.40. The van der Waals surface area contributed by atoms with Crippen LogP contribution in [0.3, 0.4) is 0 Å². The van der Waals surface area contributed by atoms with Gasteiger partial charge in [0.25, 0.3) is 0 Å². The zero-order valence-corrected chi connectivity index (χ0v) is 13.1. The smallest absolute Gasteiger partial charge is 0.329 e. The zero-order valence-electron chi connectivity index (χ0n) is 13.1. The van der Waals surface area contributed by atoms with Crippen LogP contribution < -0.4 is 20.2 Å². The van der Waals surface area contributed by atoms with Crippen molar-refractivity contribution in [2.75, 3.05) is 6.79 Å². The van der Waals surface area contributed by atoms with Gasteiger partial charge in [-0.25, -0.2) is 5.43 Å². The molecule has 8 heteroatoms. The largest absolute Gasteiger partial charge is 0.507 e. The Hall–Kier alpha value is -3.55. The van der Waals surface area contributed by atoms with Gasteiger partial charge in [0.1, 0.15) is 5.75 Å². The van der Waals surface area contributed by atoms with Crippen molar-refractivity contribution >= 4 is 18.0 Å². The number of amides is 2. The van der Waals surface area contributed by atoms with Crippen molar-refractivity contribution in [2.24, 2.45) is 5.10 Å². The van der Waals surface area contributed by atoms with E-state index in [-0.39, 0.29) is 19.1 Å². The van der Waals surface area contributed by atoms with Crippen molar-refractivity contribution in [3.63, 3.8) is 0 Å². The minimum atomic E-state index is -0.910. The molecule has 0 bridgehead atoms. The number of benzene rings is 2. The predicted octanol–water partition coefficient (Wildman–Crippen LogP) is 0.887. The normalized spacial score (nSPS) is 12.2. The molecular weight excluding hydrogens is 326 g/mol. The van der Waals surface area contributed by atoms with Crippen molar-refractivity contribution in [3.8, 4) is 17.2 Å². The van der Waals surface area contributed by atoms with Crippen molar-refractivity contribution in [1.82, 2.24) is 10.7 Å². The molecule has 3 rings (SSSR count). The summed E-state index contributed by atoms with van der Waals surface area (Å²) in [6, 6.07) is 11.7. The molecule has 2 aromatic rings. The summed E-state index contributed by atoms with van der Waals surface area (Å²) in [4.78, 5) is 23.4. The highest BCUT2D eigenvalue weighted by molar-refractivity contribution is 6.35. The van der Waals surface area contributed by atoms with Gasteiger partial charge >= 0.3 is 11.8 Å². The Bertz CT molecular complexity index is 835. The number of hydrazone groups is 1. The molecule has 0 saturated carbocycles. The van der Waals surface area contributed by atoms with Crippen LogP contribution >= 0.6 is 0 Å². The Kier molecular flexibility index (Phi) is 4.79. The highest BCUT2D eigenvalue weighted by atomic mass is 16.7. The predicted molar refractivity (Wildman–Crippen MR) is 88.3 cm³/mol. The number of carbonyl (C=O) groups is 2. The van der Waals surface area contributed by atoms with Gasteiger partial charge in [0.15, 0.2) is 11.5 Å². The summed E-state index contributed by atoms with van der Waals surface area (Å²) < 4.78 is 10.4. The molecular formula is C17H15N3O5. The van der Waals surface area contributed by atoms with Gasteiger partial charge in [0.05, 0.1) is 6.21 Å². The number of para-hydroxylation sites is 1. The molecule has 1 aliphatic rings. The number of rotatable bonds is 4. The van der Waals surface area contributed by atoms with Crippen molar-refractivity contribution in [1.29, 1.82) is 0 Å². The van der Waals surface area contributed by atoms with E-state index in [2.05, 4.69) is 15.8 Å². The lowest BCUT2D eigenvalue weighted by Crippen LogP contribution is -2.37. The van der Waals surface area contributed by atoms with E-state index in [1.165, 1.54) is 12.3 Å². The van der Waals surface area contributed by atoms with E-state index >= 15 is 0 Å². The lowest BCUT2D eigenvalue weighted by atomic mass is 10.2. The summed E-state index contributed by atoms with van der Waals surface area (Å²) >= 11 is 0. The number of aromatic hydroxyl groups is 1. The van der Waals surface area contributed by atoms with Crippen LogP contribution in [0.5, 0.6) is 17.2 Å². The molecule has 0 saturated heterocycles. The maximum atomic E-state index is 11.8. The molecule has 0 spiro atoms. The molecule has 0 aliphatic carbocycles. The minimum absolute atomic E-state index is 0.0211. The monoisotopic (exact) mass is 341 g/mol. The van der Waals surface area contributed by atoms with Crippen molar-refractivity contribution in [3.05, 3.63) is 53.6 Å². The first-order valence-electron chi connectivity index (χ1n) is 7.41. The van der Waals surface area contributed by atoms with Gasteiger partial charge in [-0.3, -0.25) is 9.59 Å². The number of nitrogens with zero attached hydrogens (tertiary/aromatic N) is 1. The average molecular weight is 341 g/mol. The minimum Gasteiger partial charge on any atom is -0.507 e. The Morgan fingerprint density at radius 3 is 2.76 bits per heavy atom. The van der Waals surface area contributed by atoms with Crippen LogP contribution in [0.15, 0.2) is 47.6 Å². The van der Waals surface area contributed by atoms with Crippen LogP contribution in [0, 0.1) is 0 Å². The first-order chi connectivity index (χ1) is 12.1. The second-order valence-electron chi connectivity index (χ2n) is 5.13. The molecule has 128 valence electrons. The third kappa shape index (κ3) is 4.05. The van der Waals surface area contributed by atoms with E-state index in [9.17, 15) is 14.7 Å². The standard InChI is InChI=1S/C17H15N3O5/c21-13-4-2-1-3-12(13)9-19-20-17(23)16(22)18-8-11-5-6-14-15(7-11)25-10-24-14/h1-7,9,21H,8,10H2,(H,18,22)(H,20,23)/b19-9-. The summed E-state index contributed by atoms with van der Waals surface area (Å²) in [7, 11) is 0. The number of hydrogen-bond acceptors (Lipinski definition) is 6. The first kappa shape index (κ1) is 16.3. The molecule has 0 radical (unpaired) electrons. The van der Waals surface area contributed by atoms with E-state index in [1.54, 1.807) is 36.4 Å². The molecule has 3 N–H and O–H groups in total. The third-order valence-electron chi connectivity index (χ3n) is 3.40. The fourth-order valence-corrected chi connectivity index (χ4v) is 2.12. The fraction of sp³-hybridized carbons (Fsp3) is 0.118. The highest BCUT2D eigenvalue weighted by Crippen LogP contribution is 2.32. The van der Waals surface area contributed by atoms with Gasteiger partial charge in [-0.05, 0) is 29.8 Å². The van der Waals surface area contributed by atoms with Crippen molar-refractivity contribution in [2.45, 2.75) is 6.54 Å². The second kappa shape index (κ2) is 7.35. The Morgan fingerprint density at radius 1 is 1.12 bits per heavy atom. The summed E-state index contributed by atoms with van der Waals surface area (Å²) in [6.07, 6.45) is 1.25. The van der Waals surface area contributed by atoms with E-state index < -0.39 is 11.8 Å². The lowest BCUT2D eigenvalue weighted by molar-refractivity contribution is -0.139. The maximum absolute atomic E-state index is 11.8. The number of fused-ring (bicyclic) bond motifs is 1. The number of phenolic OH excluding ortho intramolecular Hbond substituents is 1. The molecule has 1 heterocycles. The van der Waals surface area contributed by atoms with E-state index in [0.29, 0.717) is 17.1 Å². The fourth-order valence-electron chi connectivity index (χ4n) is 2.12. The number of ether oxygens (including phenoxy) is 2. The maximum Gasteiger partial charge on any atom is 0.329 e. The Labute approximate surface area is 143 Å². The SMILES string of the molecule is O=C(NCc1ccc2c(c1)OCO2)C(=O)N/N=C\c1ccccc1O. The number of phenols is 1. The van der Waals surface area contributed by atoms with Crippen LogP contribution in [0.4, 0.5) is 0 Å². The lowest BCUT2D eigenvalue weighted by Gasteiger charge is -2.05. The number of carbonyl (C=O) groups excluding carboxylic acids is 2. The highest BCUT2D eigenvalue weighted by Gasteiger charge is 2.15. The van der Waals surface area contributed by atoms with Crippen molar-refractivity contribution < 1.29 is 24.2 Å². The molecule has 0 fully saturated rings. The average Bonchev–Trinajstić information content (AvgIpc) is 3.09. The second-order valence-corrected chi connectivity index (χ2v) is 5.13. The van der Waals surface area contributed by atoms with Gasteiger partial charge in [-0.2, -0.15) is 5.10 Å². The first-order valence-corrected chi connectivity index (χ1v) is 7.41. The van der Waals surface area contributed by atoms with E-state index in [0.717, 1.165) is 5.56 Å². The number of nitrogens with one attached hydrogen (secondary N) is 2. The zero-order chi connectivity index (χ0) is 17.6. The summed E-state index contributed by atoms with van der Waals surface area (Å²) in [6.45, 7) is 0.328. The topological polar surface area (TPSA) is 109 Å². The van der Waals surface area contributed by atoms with Gasteiger partial charge in [-0.1, -0.05) is 18.2 Å². The van der Waals surface area contributed by atoms with Crippen LogP contribution in [-0.4, -0.2) is 29.9 Å². The molecule has 8 nitrogen and oxygen atoms in total. The van der Waals surface area contributed by atoms with E-state index in [4.69, 9.17) is 9.47 Å². The van der Waals surface area contributed by atoms with Crippen LogP contribution in [-0.2, 0) is 16.1 Å². The molecule has 2 aromatic carbocycles. The van der Waals surface area contributed by atoms with Crippen LogP contribution in [0.1, 0.15) is 11.1 Å². The van der Waals surface area contributed by atoms with Gasteiger partial charge < -0.3 is 19.9 Å². The van der Waals surface area contributed by atoms with Gasteiger partial charge in [0.2, 0.25) is 6.79 Å². The quantitative estimate of drug-likeness (QED) is 0.435. The summed E-state index contributed by atoms with van der Waals surface area (Å²) in [5.41, 5.74) is 3.29. The van der Waals surface area contributed by atoms with Gasteiger partial charge in [0, 0.05) is 12.1 Å². The Morgan fingerprint density at radius 2 is 1.92 bits per heavy atom. The van der Waals surface area contributed by atoms with Gasteiger partial charge in [-0.15, -0.1) is 0 Å².